The standard InChI is InChI=1S/C48H58N8O15S/c49-24-33(56-38(59)23-35(72)45(56)65)43(63)52-18-13-37(58)54-32-21-29(9-11-34(32)70-47-41(62)39(60)40(61)42(71-47)46(66)67)26-69-48(68)53-31-8-3-7-30(22-31)44(64)55-19-14-27(15-20-55)5-1-2-17-51-36(57)12-10-28-6-4-16-50-25-28/h3-4,6-12,16,21-22,25,27,33,35,39-42,47,60-62,72H,1-2,5,13-15,17-20,23-24,26,49H2,(H,51,57)(H,52,63)(H,53,68)(H,54,58)(H,66,67)/b12-10+. The van der Waals surface area contributed by atoms with Gasteiger partial charge in [0, 0.05) is 75.3 Å². The summed E-state index contributed by atoms with van der Waals surface area (Å²) in [6.07, 6.45) is -0.332. The zero-order valence-electron chi connectivity index (χ0n) is 39.0. The highest BCUT2D eigenvalue weighted by atomic mass is 32.1. The average molecular weight is 1020 g/mol. The molecule has 24 heteroatoms. The SMILES string of the molecule is NCC(C(=O)NCCC(=O)Nc1cc(COC(=O)Nc2cccc(C(=O)N3CCC(CCCCNC(=O)/C=C/c4cccnc4)CC3)c2)ccc1OC1OC(C(=O)O)C(O)C(O)C1O)N1C(=O)CC(S)C1=O. The zero-order chi connectivity index (χ0) is 51.9. The van der Waals surface area contributed by atoms with Gasteiger partial charge in [0.25, 0.3) is 5.91 Å². The molecule has 386 valence electrons. The van der Waals surface area contributed by atoms with Crippen LogP contribution >= 0.6 is 12.6 Å². The lowest BCUT2D eigenvalue weighted by atomic mass is 9.91. The molecule has 3 aliphatic rings. The van der Waals surface area contributed by atoms with Crippen LogP contribution in [-0.2, 0) is 44.8 Å². The summed E-state index contributed by atoms with van der Waals surface area (Å²) < 4.78 is 16.4. The number of unbranched alkanes of at least 4 members (excludes halogenated alkanes) is 1. The zero-order valence-corrected chi connectivity index (χ0v) is 39.9. The van der Waals surface area contributed by atoms with Crippen LogP contribution in [0.2, 0.25) is 0 Å². The quantitative estimate of drug-likeness (QED) is 0.0305. The first-order chi connectivity index (χ1) is 34.5. The average Bonchev–Trinajstić information content (AvgIpc) is 3.62. The molecule has 7 atom stereocenters. The van der Waals surface area contributed by atoms with Gasteiger partial charge in [0.05, 0.1) is 10.9 Å². The van der Waals surface area contributed by atoms with Crippen molar-refractivity contribution in [3.8, 4) is 5.75 Å². The molecule has 6 rings (SSSR count). The summed E-state index contributed by atoms with van der Waals surface area (Å²) in [5, 5.41) is 50.2. The van der Waals surface area contributed by atoms with Crippen LogP contribution in [0.25, 0.3) is 6.08 Å². The maximum atomic E-state index is 13.5. The molecule has 3 saturated heterocycles. The van der Waals surface area contributed by atoms with Crippen LogP contribution < -0.4 is 31.7 Å². The number of ether oxygens (including phenoxy) is 3. The van der Waals surface area contributed by atoms with E-state index in [2.05, 4.69) is 38.9 Å². The summed E-state index contributed by atoms with van der Waals surface area (Å²) in [7, 11) is 0. The Kier molecular flexibility index (Phi) is 19.6. The molecule has 23 nitrogen and oxygen atoms in total. The van der Waals surface area contributed by atoms with Gasteiger partial charge < -0.3 is 61.2 Å². The molecule has 3 aliphatic heterocycles. The number of nitrogens with zero attached hydrogens (tertiary/aromatic N) is 3. The maximum absolute atomic E-state index is 13.5. The first-order valence-electron chi connectivity index (χ1n) is 23.3. The molecular weight excluding hydrogens is 961 g/mol. The molecule has 3 fully saturated rings. The molecule has 7 unspecified atom stereocenters. The molecule has 2 aromatic carbocycles. The van der Waals surface area contributed by atoms with E-state index in [-0.39, 0.29) is 67.0 Å². The van der Waals surface area contributed by atoms with Crippen molar-refractivity contribution in [1.82, 2.24) is 25.4 Å². The third-order valence-corrected chi connectivity index (χ3v) is 12.5. The van der Waals surface area contributed by atoms with Gasteiger partial charge in [-0.1, -0.05) is 31.0 Å². The van der Waals surface area contributed by atoms with Crippen molar-refractivity contribution in [1.29, 1.82) is 0 Å². The summed E-state index contributed by atoms with van der Waals surface area (Å²) in [5.41, 5.74) is 7.35. The van der Waals surface area contributed by atoms with Crippen LogP contribution in [0.15, 0.2) is 73.1 Å². The number of piperidine rings is 1. The number of benzene rings is 2. The third-order valence-electron chi connectivity index (χ3n) is 12.1. The number of aliphatic hydroxyl groups is 3. The second-order valence-corrected chi connectivity index (χ2v) is 17.9. The second-order valence-electron chi connectivity index (χ2n) is 17.3. The smallest absolute Gasteiger partial charge is 0.411 e. The van der Waals surface area contributed by atoms with Crippen LogP contribution in [0.3, 0.4) is 0 Å². The van der Waals surface area contributed by atoms with Crippen LogP contribution in [0, 0.1) is 5.92 Å². The molecule has 1 aromatic heterocycles. The van der Waals surface area contributed by atoms with Crippen molar-refractivity contribution in [2.24, 2.45) is 11.7 Å². The van der Waals surface area contributed by atoms with E-state index in [0.717, 1.165) is 42.6 Å². The minimum Gasteiger partial charge on any atom is -0.479 e. The van der Waals surface area contributed by atoms with E-state index in [1.54, 1.807) is 47.6 Å². The predicted octanol–water partition coefficient (Wildman–Crippen LogP) is 0.783. The second kappa shape index (κ2) is 25.9. The van der Waals surface area contributed by atoms with Gasteiger partial charge in [-0.2, -0.15) is 12.6 Å². The Morgan fingerprint density at radius 2 is 1.71 bits per heavy atom. The largest absolute Gasteiger partial charge is 0.479 e. The number of imide groups is 1. The molecular formula is C48H58N8O15S. The number of anilines is 2. The minimum absolute atomic E-state index is 0.119. The molecule has 0 aliphatic carbocycles. The van der Waals surface area contributed by atoms with E-state index in [4.69, 9.17) is 19.9 Å². The molecule has 0 saturated carbocycles. The Morgan fingerprint density at radius 3 is 2.40 bits per heavy atom. The van der Waals surface area contributed by atoms with E-state index in [9.17, 15) is 58.8 Å². The Bertz CT molecular complexity index is 2480. The van der Waals surface area contributed by atoms with Gasteiger partial charge in [0.1, 0.15) is 36.7 Å². The van der Waals surface area contributed by atoms with Crippen molar-refractivity contribution in [3.05, 3.63) is 89.8 Å². The van der Waals surface area contributed by atoms with Crippen molar-refractivity contribution in [2.75, 3.05) is 43.4 Å². The highest BCUT2D eigenvalue weighted by Crippen LogP contribution is 2.32. The number of nitrogens with one attached hydrogen (secondary N) is 4. The number of nitrogens with two attached hydrogens (primary N) is 1. The molecule has 72 heavy (non-hydrogen) atoms. The molecule has 7 amide bonds. The molecule has 0 spiro atoms. The summed E-state index contributed by atoms with van der Waals surface area (Å²) in [5.74, 6) is -4.61. The van der Waals surface area contributed by atoms with Gasteiger partial charge in [-0.15, -0.1) is 0 Å². The number of likely N-dealkylation sites (tertiary alicyclic amines) is 2. The van der Waals surface area contributed by atoms with E-state index in [1.165, 1.54) is 30.3 Å². The number of carbonyl (C=O) groups excluding carboxylic acids is 7. The Balaban J connectivity index is 0.998. The number of carboxylic acids is 1. The van der Waals surface area contributed by atoms with Crippen molar-refractivity contribution in [2.45, 2.75) is 93.6 Å². The summed E-state index contributed by atoms with van der Waals surface area (Å²) in [4.78, 5) is 108. The van der Waals surface area contributed by atoms with E-state index in [1.807, 2.05) is 6.07 Å². The molecule has 10 N–H and O–H groups in total. The summed E-state index contributed by atoms with van der Waals surface area (Å²) in [6.45, 7) is 0.645. The van der Waals surface area contributed by atoms with Crippen molar-refractivity contribution < 1.29 is 73.0 Å². The Hall–Kier alpha value is -6.96. The number of rotatable bonds is 21. The number of aliphatic carboxylic acids is 1. The molecule has 0 radical (unpaired) electrons. The van der Waals surface area contributed by atoms with Crippen LogP contribution in [0.5, 0.6) is 5.75 Å². The molecule has 3 aromatic rings. The number of thiol groups is 1. The number of carboxylic acid groups (broad SMARTS) is 1. The number of hydrogen-bond acceptors (Lipinski definition) is 17. The lowest BCUT2D eigenvalue weighted by Gasteiger charge is -2.38. The van der Waals surface area contributed by atoms with Gasteiger partial charge in [0.2, 0.25) is 35.8 Å². The fourth-order valence-electron chi connectivity index (χ4n) is 8.18. The van der Waals surface area contributed by atoms with Gasteiger partial charge >= 0.3 is 12.1 Å². The highest BCUT2D eigenvalue weighted by Gasteiger charge is 2.48. The van der Waals surface area contributed by atoms with Crippen LogP contribution in [0.1, 0.15) is 66.4 Å². The summed E-state index contributed by atoms with van der Waals surface area (Å²) >= 11 is 4.06. The van der Waals surface area contributed by atoms with Gasteiger partial charge in [-0.3, -0.25) is 44.0 Å². The number of pyridine rings is 1. The van der Waals surface area contributed by atoms with Gasteiger partial charge in [-0.25, -0.2) is 9.59 Å². The fourth-order valence-corrected chi connectivity index (χ4v) is 8.46. The van der Waals surface area contributed by atoms with Crippen LogP contribution in [0.4, 0.5) is 16.2 Å². The maximum Gasteiger partial charge on any atom is 0.411 e. The lowest BCUT2D eigenvalue weighted by molar-refractivity contribution is -0.271. The number of amides is 7. The van der Waals surface area contributed by atoms with Gasteiger partial charge in [0.15, 0.2) is 6.10 Å². The predicted molar refractivity (Wildman–Crippen MR) is 259 cm³/mol. The number of aliphatic hydroxyl groups excluding tert-OH is 3. The Morgan fingerprint density at radius 1 is 0.931 bits per heavy atom. The normalized spacial score (nSPS) is 21.7. The van der Waals surface area contributed by atoms with E-state index in [0.29, 0.717) is 31.1 Å². The summed E-state index contributed by atoms with van der Waals surface area (Å²) in [6, 6.07) is 12.7. The van der Waals surface area contributed by atoms with Crippen molar-refractivity contribution in [3.63, 3.8) is 0 Å². The fraction of sp³-hybridized carbons (Fsp3) is 0.438. The number of aromatic nitrogens is 1. The highest BCUT2D eigenvalue weighted by molar-refractivity contribution is 7.81. The van der Waals surface area contributed by atoms with Crippen LogP contribution in [-0.4, -0.2) is 157 Å². The van der Waals surface area contributed by atoms with Gasteiger partial charge in [-0.05, 0) is 78.8 Å². The first kappa shape index (κ1) is 54.4. The molecule has 4 heterocycles. The lowest BCUT2D eigenvalue weighted by Crippen LogP contribution is -2.61. The minimum atomic E-state index is -2.01. The van der Waals surface area contributed by atoms with Crippen molar-refractivity contribution >= 4 is 77.6 Å². The topological polar surface area (TPSA) is 339 Å². The molecule has 0 bridgehead atoms. The first-order valence-corrected chi connectivity index (χ1v) is 23.8. The van der Waals surface area contributed by atoms with E-state index >= 15 is 0 Å². The third kappa shape index (κ3) is 14.8. The number of hydrogen-bond donors (Lipinski definition) is 10. The monoisotopic (exact) mass is 1020 g/mol. The van der Waals surface area contributed by atoms with E-state index < -0.39 is 77.7 Å². The Labute approximate surface area is 418 Å². The number of carbonyl (C=O) groups is 8.